The Morgan fingerprint density at radius 3 is 2.23 bits per heavy atom. The van der Waals surface area contributed by atoms with Crippen LogP contribution < -0.4 is 20.9 Å². The molecule has 0 saturated heterocycles. The fourth-order valence-corrected chi connectivity index (χ4v) is 4.03. The number of pyridine rings is 1. The van der Waals surface area contributed by atoms with Crippen molar-refractivity contribution in [3.05, 3.63) is 59.9 Å². The van der Waals surface area contributed by atoms with E-state index in [9.17, 15) is 0 Å². The lowest BCUT2D eigenvalue weighted by atomic mass is 10.1. The molecule has 0 unspecified atom stereocenters. The van der Waals surface area contributed by atoms with E-state index in [1.54, 1.807) is 0 Å². The third-order valence-electron chi connectivity index (χ3n) is 3.66. The van der Waals surface area contributed by atoms with Gasteiger partial charge in [0, 0.05) is 55.5 Å². The number of nitrogens with two attached hydrogens (primary N) is 1. The van der Waals surface area contributed by atoms with E-state index in [1.165, 1.54) is 11.1 Å². The maximum absolute atomic E-state index is 5.46. The van der Waals surface area contributed by atoms with Crippen LogP contribution in [0.15, 0.2) is 48.8 Å². The maximum atomic E-state index is 5.46. The van der Waals surface area contributed by atoms with Gasteiger partial charge in [0.15, 0.2) is 12.4 Å². The van der Waals surface area contributed by atoms with E-state index in [1.807, 2.05) is 33.2 Å². The summed E-state index contributed by atoms with van der Waals surface area (Å²) in [6.07, 6.45) is 8.38. The Bertz CT molecular complexity index is 642. The SMILES string of the molecule is C[n+]1ccc(/C=C/c2ccc(NCCNCCSSCCN)cc2)cc1. The molecule has 2 rings (SSSR count). The van der Waals surface area contributed by atoms with E-state index < -0.39 is 0 Å². The first-order chi connectivity index (χ1) is 12.8. The van der Waals surface area contributed by atoms with E-state index in [0.717, 1.165) is 43.4 Å². The third-order valence-corrected chi connectivity index (χ3v) is 6.10. The lowest BCUT2D eigenvalue weighted by Crippen LogP contribution is -2.25. The van der Waals surface area contributed by atoms with Gasteiger partial charge in [-0.25, -0.2) is 4.57 Å². The average Bonchev–Trinajstić information content (AvgIpc) is 2.67. The summed E-state index contributed by atoms with van der Waals surface area (Å²) in [5.41, 5.74) is 9.02. The largest absolute Gasteiger partial charge is 0.384 e. The van der Waals surface area contributed by atoms with Gasteiger partial charge in [-0.05, 0) is 23.3 Å². The number of nitrogens with one attached hydrogen (secondary N) is 2. The molecule has 0 fully saturated rings. The van der Waals surface area contributed by atoms with Crippen molar-refractivity contribution in [1.82, 2.24) is 5.32 Å². The van der Waals surface area contributed by atoms with Gasteiger partial charge < -0.3 is 16.4 Å². The molecular formula is C20H29N4S2+. The molecular weight excluding hydrogens is 360 g/mol. The number of benzene rings is 1. The van der Waals surface area contributed by atoms with Crippen molar-refractivity contribution in [3.63, 3.8) is 0 Å². The van der Waals surface area contributed by atoms with Crippen molar-refractivity contribution in [3.8, 4) is 0 Å². The van der Waals surface area contributed by atoms with Crippen LogP contribution >= 0.6 is 21.6 Å². The molecule has 2 aromatic rings. The molecule has 1 aromatic heterocycles. The van der Waals surface area contributed by atoms with Crippen LogP contribution in [0.3, 0.4) is 0 Å². The fourth-order valence-electron chi connectivity index (χ4n) is 2.23. The van der Waals surface area contributed by atoms with Crippen LogP contribution in [0.25, 0.3) is 12.2 Å². The second kappa shape index (κ2) is 12.8. The van der Waals surface area contributed by atoms with Crippen molar-refractivity contribution >= 4 is 39.4 Å². The van der Waals surface area contributed by atoms with Crippen LogP contribution in [-0.4, -0.2) is 37.7 Å². The van der Waals surface area contributed by atoms with Gasteiger partial charge in [0.25, 0.3) is 0 Å². The first kappa shape index (κ1) is 20.8. The first-order valence-electron chi connectivity index (χ1n) is 8.90. The van der Waals surface area contributed by atoms with Crippen LogP contribution in [0, 0.1) is 0 Å². The van der Waals surface area contributed by atoms with Crippen LogP contribution in [0.1, 0.15) is 11.1 Å². The Hall–Kier alpha value is -1.47. The van der Waals surface area contributed by atoms with Crippen LogP contribution in [0.4, 0.5) is 5.69 Å². The normalized spacial score (nSPS) is 11.2. The molecule has 0 bridgehead atoms. The molecule has 0 radical (unpaired) electrons. The summed E-state index contributed by atoms with van der Waals surface area (Å²) in [7, 11) is 5.76. The molecule has 1 aromatic carbocycles. The number of nitrogens with zero attached hydrogens (tertiary/aromatic N) is 1. The van der Waals surface area contributed by atoms with Crippen LogP contribution in [0.5, 0.6) is 0 Å². The molecule has 4 N–H and O–H groups in total. The zero-order valence-electron chi connectivity index (χ0n) is 15.4. The van der Waals surface area contributed by atoms with Crippen molar-refractivity contribution in [2.75, 3.05) is 43.0 Å². The van der Waals surface area contributed by atoms with E-state index in [-0.39, 0.29) is 0 Å². The molecule has 0 spiro atoms. The summed E-state index contributed by atoms with van der Waals surface area (Å²) < 4.78 is 2.03. The topological polar surface area (TPSA) is 54.0 Å². The highest BCUT2D eigenvalue weighted by atomic mass is 33.1. The number of rotatable bonds is 12. The summed E-state index contributed by atoms with van der Waals surface area (Å²) in [6.45, 7) is 3.69. The third kappa shape index (κ3) is 8.76. The molecule has 6 heteroatoms. The molecule has 26 heavy (non-hydrogen) atoms. The van der Waals surface area contributed by atoms with Gasteiger partial charge in [0.2, 0.25) is 0 Å². The number of anilines is 1. The number of aromatic nitrogens is 1. The Morgan fingerprint density at radius 2 is 1.54 bits per heavy atom. The van der Waals surface area contributed by atoms with Gasteiger partial charge in [0.1, 0.15) is 7.05 Å². The van der Waals surface area contributed by atoms with Crippen molar-refractivity contribution < 1.29 is 4.57 Å². The second-order valence-electron chi connectivity index (χ2n) is 5.86. The van der Waals surface area contributed by atoms with E-state index >= 15 is 0 Å². The molecule has 0 amide bonds. The van der Waals surface area contributed by atoms with Gasteiger partial charge in [-0.3, -0.25) is 0 Å². The number of aryl methyl sites for hydroxylation is 1. The smallest absolute Gasteiger partial charge is 0.169 e. The van der Waals surface area contributed by atoms with Crippen molar-refractivity contribution in [2.45, 2.75) is 0 Å². The highest BCUT2D eigenvalue weighted by molar-refractivity contribution is 8.76. The molecule has 0 aliphatic carbocycles. The first-order valence-corrected chi connectivity index (χ1v) is 11.4. The molecule has 0 aliphatic heterocycles. The minimum Gasteiger partial charge on any atom is -0.384 e. The zero-order valence-corrected chi connectivity index (χ0v) is 17.0. The fraction of sp³-hybridized carbons (Fsp3) is 0.350. The summed E-state index contributed by atoms with van der Waals surface area (Å²) in [6, 6.07) is 12.7. The summed E-state index contributed by atoms with van der Waals surface area (Å²) >= 11 is 0. The summed E-state index contributed by atoms with van der Waals surface area (Å²) in [5, 5.41) is 6.89. The molecule has 4 nitrogen and oxygen atoms in total. The average molecular weight is 390 g/mol. The Morgan fingerprint density at radius 1 is 0.885 bits per heavy atom. The predicted octanol–water partition coefficient (Wildman–Crippen LogP) is 3.02. The monoisotopic (exact) mass is 389 g/mol. The van der Waals surface area contributed by atoms with Gasteiger partial charge >= 0.3 is 0 Å². The zero-order chi connectivity index (χ0) is 18.5. The van der Waals surface area contributed by atoms with E-state index in [4.69, 9.17) is 5.73 Å². The van der Waals surface area contributed by atoms with Crippen LogP contribution in [-0.2, 0) is 7.05 Å². The Kier molecular flexibility index (Phi) is 10.3. The quantitative estimate of drug-likeness (QED) is 0.296. The lowest BCUT2D eigenvalue weighted by Gasteiger charge is -2.08. The Labute approximate surface area is 165 Å². The predicted molar refractivity (Wildman–Crippen MR) is 118 cm³/mol. The van der Waals surface area contributed by atoms with Crippen LogP contribution in [0.2, 0.25) is 0 Å². The summed E-state index contributed by atoms with van der Waals surface area (Å²) in [4.78, 5) is 0. The second-order valence-corrected chi connectivity index (χ2v) is 8.56. The van der Waals surface area contributed by atoms with Gasteiger partial charge in [-0.2, -0.15) is 0 Å². The van der Waals surface area contributed by atoms with Gasteiger partial charge in [0.05, 0.1) is 0 Å². The lowest BCUT2D eigenvalue weighted by molar-refractivity contribution is -0.671. The van der Waals surface area contributed by atoms with Gasteiger partial charge in [-0.1, -0.05) is 45.9 Å². The van der Waals surface area contributed by atoms with E-state index in [2.05, 4.69) is 71.6 Å². The molecule has 140 valence electrons. The molecule has 0 aliphatic rings. The van der Waals surface area contributed by atoms with E-state index in [0.29, 0.717) is 0 Å². The highest BCUT2D eigenvalue weighted by Crippen LogP contribution is 2.18. The summed E-state index contributed by atoms with van der Waals surface area (Å²) in [5.74, 6) is 2.15. The highest BCUT2D eigenvalue weighted by Gasteiger charge is 1.95. The molecule has 0 saturated carbocycles. The standard InChI is InChI=1S/C20H28N4S2/c1-24-14-8-19(9-15-24)3-2-18-4-6-20(7-5-18)23-12-11-22-13-17-26-25-16-10-21/h2-9,14-15,22H,10-13,16-17,21H2,1H3/p+1. The van der Waals surface area contributed by atoms with Gasteiger partial charge in [-0.15, -0.1) is 0 Å². The van der Waals surface area contributed by atoms with Crippen molar-refractivity contribution in [2.24, 2.45) is 12.8 Å². The molecule has 0 atom stereocenters. The maximum Gasteiger partial charge on any atom is 0.169 e. The number of hydrogen-bond donors (Lipinski definition) is 3. The molecule has 1 heterocycles. The Balaban J connectivity index is 1.62. The minimum atomic E-state index is 0.759. The van der Waals surface area contributed by atoms with Crippen molar-refractivity contribution in [1.29, 1.82) is 0 Å². The number of hydrogen-bond acceptors (Lipinski definition) is 5. The minimum absolute atomic E-state index is 0.759.